The topological polar surface area (TPSA) is 90.2 Å². The number of nitrogens with two attached hydrogens (primary N) is 1. The summed E-state index contributed by atoms with van der Waals surface area (Å²) >= 11 is 0. The number of methoxy groups -OCH3 is 1. The third kappa shape index (κ3) is 2.60. The first kappa shape index (κ1) is 12.0. The normalized spacial score (nSPS) is 10.1. The lowest BCUT2D eigenvalue weighted by Gasteiger charge is -2.10. The molecular formula is C12H13N3O3. The molecular weight excluding hydrogens is 234 g/mol. The van der Waals surface area contributed by atoms with E-state index in [2.05, 4.69) is 9.97 Å². The van der Waals surface area contributed by atoms with E-state index in [4.69, 9.17) is 15.2 Å². The van der Waals surface area contributed by atoms with Crippen LogP contribution in [0, 0.1) is 6.92 Å². The number of aromatic nitrogens is 2. The van der Waals surface area contributed by atoms with Gasteiger partial charge in [0.1, 0.15) is 5.82 Å². The minimum Gasteiger partial charge on any atom is -0.493 e. The van der Waals surface area contributed by atoms with Crippen molar-refractivity contribution in [1.29, 1.82) is 0 Å². The van der Waals surface area contributed by atoms with Crippen LogP contribution >= 0.6 is 0 Å². The van der Waals surface area contributed by atoms with Crippen LogP contribution in [0.25, 0.3) is 0 Å². The molecule has 0 saturated heterocycles. The number of aromatic amines is 1. The predicted octanol–water partition coefficient (Wildman–Crippen LogP) is 1.46. The molecule has 1 aromatic heterocycles. The van der Waals surface area contributed by atoms with Crippen molar-refractivity contribution in [1.82, 2.24) is 9.97 Å². The number of hydrogen-bond donors (Lipinski definition) is 2. The number of benzene rings is 1. The van der Waals surface area contributed by atoms with Gasteiger partial charge in [-0.1, -0.05) is 0 Å². The summed E-state index contributed by atoms with van der Waals surface area (Å²) in [6, 6.07) is 6.25. The second-order valence-corrected chi connectivity index (χ2v) is 3.68. The Hall–Kier alpha value is -2.50. The summed E-state index contributed by atoms with van der Waals surface area (Å²) < 4.78 is 10.6. The van der Waals surface area contributed by atoms with Gasteiger partial charge in [0.25, 0.3) is 5.56 Å². The number of nitrogen functional groups attached to an aromatic ring is 1. The Labute approximate surface area is 103 Å². The molecule has 0 amide bonds. The fraction of sp³-hybridized carbons (Fsp3) is 0.167. The Bertz CT molecular complexity index is 622. The molecule has 0 radical (unpaired) electrons. The molecule has 0 aliphatic rings. The van der Waals surface area contributed by atoms with Crippen molar-refractivity contribution in [2.24, 2.45) is 0 Å². The standard InChI is InChI=1S/C12H13N3O3/c1-7-14-11(16)6-12(15-7)18-10-5-8(13)3-4-9(10)17-2/h3-6H,13H2,1-2H3,(H,14,15,16). The third-order valence-corrected chi connectivity index (χ3v) is 2.24. The molecule has 3 N–H and O–H groups in total. The highest BCUT2D eigenvalue weighted by molar-refractivity contribution is 5.52. The highest BCUT2D eigenvalue weighted by atomic mass is 16.5. The quantitative estimate of drug-likeness (QED) is 0.801. The Morgan fingerprint density at radius 2 is 2.06 bits per heavy atom. The zero-order chi connectivity index (χ0) is 13.1. The number of aryl methyl sites for hydroxylation is 1. The van der Waals surface area contributed by atoms with Crippen LogP contribution in [0.2, 0.25) is 0 Å². The maximum absolute atomic E-state index is 11.3. The molecule has 6 heteroatoms. The van der Waals surface area contributed by atoms with Crippen molar-refractivity contribution in [3.63, 3.8) is 0 Å². The fourth-order valence-electron chi connectivity index (χ4n) is 1.49. The van der Waals surface area contributed by atoms with Gasteiger partial charge in [-0.05, 0) is 19.1 Å². The van der Waals surface area contributed by atoms with Gasteiger partial charge in [0.05, 0.1) is 13.2 Å². The number of nitrogens with one attached hydrogen (secondary N) is 1. The largest absolute Gasteiger partial charge is 0.493 e. The minimum atomic E-state index is -0.277. The van der Waals surface area contributed by atoms with E-state index in [0.717, 1.165) is 0 Å². The molecule has 18 heavy (non-hydrogen) atoms. The zero-order valence-corrected chi connectivity index (χ0v) is 10.1. The van der Waals surface area contributed by atoms with Gasteiger partial charge in [0.2, 0.25) is 5.88 Å². The monoisotopic (exact) mass is 247 g/mol. The van der Waals surface area contributed by atoms with Crippen LogP contribution in [0.15, 0.2) is 29.1 Å². The van der Waals surface area contributed by atoms with E-state index in [1.165, 1.54) is 13.2 Å². The van der Waals surface area contributed by atoms with Gasteiger partial charge in [0, 0.05) is 11.8 Å². The Morgan fingerprint density at radius 1 is 1.28 bits per heavy atom. The molecule has 0 spiro atoms. The summed E-state index contributed by atoms with van der Waals surface area (Å²) in [6.07, 6.45) is 0. The maximum Gasteiger partial charge on any atom is 0.254 e. The Morgan fingerprint density at radius 3 is 2.72 bits per heavy atom. The number of nitrogens with zero attached hydrogens (tertiary/aromatic N) is 1. The highest BCUT2D eigenvalue weighted by Crippen LogP contribution is 2.31. The second kappa shape index (κ2) is 4.79. The third-order valence-electron chi connectivity index (χ3n) is 2.24. The zero-order valence-electron chi connectivity index (χ0n) is 10.1. The van der Waals surface area contributed by atoms with Crippen LogP contribution in [0.3, 0.4) is 0 Å². The van der Waals surface area contributed by atoms with Crippen molar-refractivity contribution < 1.29 is 9.47 Å². The maximum atomic E-state index is 11.3. The number of hydrogen-bond acceptors (Lipinski definition) is 5. The van der Waals surface area contributed by atoms with Gasteiger partial charge in [0.15, 0.2) is 11.5 Å². The molecule has 2 rings (SSSR count). The van der Waals surface area contributed by atoms with Crippen LogP contribution in [-0.2, 0) is 0 Å². The summed E-state index contributed by atoms with van der Waals surface area (Å²) in [6.45, 7) is 1.67. The summed E-state index contributed by atoms with van der Waals surface area (Å²) in [7, 11) is 1.52. The number of ether oxygens (including phenoxy) is 2. The van der Waals surface area contributed by atoms with E-state index in [9.17, 15) is 4.79 Å². The van der Waals surface area contributed by atoms with Gasteiger partial charge >= 0.3 is 0 Å². The Kier molecular flexibility index (Phi) is 3.18. The van der Waals surface area contributed by atoms with Crippen LogP contribution in [0.1, 0.15) is 5.82 Å². The SMILES string of the molecule is COc1ccc(N)cc1Oc1cc(=O)[nH]c(C)n1. The summed E-state index contributed by atoms with van der Waals surface area (Å²) in [5, 5.41) is 0. The molecule has 0 unspecified atom stereocenters. The molecule has 0 aliphatic heterocycles. The summed E-state index contributed by atoms with van der Waals surface area (Å²) in [4.78, 5) is 17.9. The fourth-order valence-corrected chi connectivity index (χ4v) is 1.49. The van der Waals surface area contributed by atoms with E-state index in [1.54, 1.807) is 25.1 Å². The number of anilines is 1. The average Bonchev–Trinajstić information content (AvgIpc) is 2.27. The number of H-pyrrole nitrogens is 1. The molecule has 1 aromatic carbocycles. The van der Waals surface area contributed by atoms with Crippen LogP contribution in [0.4, 0.5) is 5.69 Å². The molecule has 1 heterocycles. The molecule has 0 aliphatic carbocycles. The lowest BCUT2D eigenvalue weighted by atomic mass is 10.3. The van der Waals surface area contributed by atoms with Crippen molar-refractivity contribution in [3.8, 4) is 17.4 Å². The molecule has 0 atom stereocenters. The lowest BCUT2D eigenvalue weighted by molar-refractivity contribution is 0.373. The van der Waals surface area contributed by atoms with E-state index >= 15 is 0 Å². The first-order valence-electron chi connectivity index (χ1n) is 5.28. The molecule has 2 aromatic rings. The van der Waals surface area contributed by atoms with Crippen molar-refractivity contribution in [2.45, 2.75) is 6.92 Å². The molecule has 0 saturated carbocycles. The second-order valence-electron chi connectivity index (χ2n) is 3.68. The highest BCUT2D eigenvalue weighted by Gasteiger charge is 2.08. The molecule has 0 bridgehead atoms. The van der Waals surface area contributed by atoms with Crippen molar-refractivity contribution in [3.05, 3.63) is 40.4 Å². The van der Waals surface area contributed by atoms with Gasteiger partial charge in [-0.2, -0.15) is 0 Å². The van der Waals surface area contributed by atoms with E-state index in [0.29, 0.717) is 23.0 Å². The van der Waals surface area contributed by atoms with E-state index in [1.807, 2.05) is 0 Å². The minimum absolute atomic E-state index is 0.195. The first-order valence-corrected chi connectivity index (χ1v) is 5.28. The van der Waals surface area contributed by atoms with Gasteiger partial charge in [-0.15, -0.1) is 0 Å². The van der Waals surface area contributed by atoms with Gasteiger partial charge in [-0.3, -0.25) is 4.79 Å². The molecule has 6 nitrogen and oxygen atoms in total. The Balaban J connectivity index is 2.38. The smallest absolute Gasteiger partial charge is 0.254 e. The van der Waals surface area contributed by atoms with Crippen LogP contribution in [0.5, 0.6) is 17.4 Å². The first-order chi connectivity index (χ1) is 8.58. The van der Waals surface area contributed by atoms with Crippen LogP contribution < -0.4 is 20.8 Å². The predicted molar refractivity (Wildman–Crippen MR) is 67.1 cm³/mol. The number of rotatable bonds is 3. The van der Waals surface area contributed by atoms with Crippen molar-refractivity contribution in [2.75, 3.05) is 12.8 Å². The van der Waals surface area contributed by atoms with Gasteiger partial charge in [-0.25, -0.2) is 4.98 Å². The summed E-state index contributed by atoms with van der Waals surface area (Å²) in [5.41, 5.74) is 5.93. The van der Waals surface area contributed by atoms with Crippen LogP contribution in [-0.4, -0.2) is 17.1 Å². The van der Waals surface area contributed by atoms with E-state index < -0.39 is 0 Å². The molecule has 0 fully saturated rings. The van der Waals surface area contributed by atoms with E-state index in [-0.39, 0.29) is 11.4 Å². The lowest BCUT2D eigenvalue weighted by Crippen LogP contribution is -2.08. The molecule has 94 valence electrons. The average molecular weight is 247 g/mol. The van der Waals surface area contributed by atoms with Crippen molar-refractivity contribution >= 4 is 5.69 Å². The summed E-state index contributed by atoms with van der Waals surface area (Å²) in [5.74, 6) is 1.60. The van der Waals surface area contributed by atoms with Gasteiger partial charge < -0.3 is 20.2 Å².